The van der Waals surface area contributed by atoms with Gasteiger partial charge in [0, 0.05) is 20.2 Å². The van der Waals surface area contributed by atoms with Gasteiger partial charge in [-0.1, -0.05) is 23.2 Å². The molecule has 1 rings (SSSR count). The van der Waals surface area contributed by atoms with Gasteiger partial charge in [0.2, 0.25) is 10.0 Å². The molecule has 21 heavy (non-hydrogen) atoms. The highest BCUT2D eigenvalue weighted by Crippen LogP contribution is 2.31. The van der Waals surface area contributed by atoms with Crippen LogP contribution < -0.4 is 5.14 Å². The van der Waals surface area contributed by atoms with Crippen LogP contribution in [0.15, 0.2) is 17.0 Å². The molecule has 0 unspecified atom stereocenters. The number of sulfonamides is 1. The number of nitrogens with zero attached hydrogens (tertiary/aromatic N) is 1. The Bertz CT molecular complexity index is 634. The van der Waals surface area contributed by atoms with Crippen molar-refractivity contribution in [1.29, 1.82) is 0 Å². The third-order valence-electron chi connectivity index (χ3n) is 2.81. The average Bonchev–Trinajstić information content (AvgIpc) is 2.38. The second kappa shape index (κ2) is 7.42. The van der Waals surface area contributed by atoms with Crippen LogP contribution >= 0.6 is 23.2 Å². The maximum absolute atomic E-state index is 12.5. The summed E-state index contributed by atoms with van der Waals surface area (Å²) in [6.07, 6.45) is 0. The summed E-state index contributed by atoms with van der Waals surface area (Å²) in [5, 5.41) is 4.86. The average molecular weight is 355 g/mol. The first-order valence-electron chi connectivity index (χ1n) is 6.03. The summed E-state index contributed by atoms with van der Waals surface area (Å²) in [6, 6.07) is 2.45. The molecule has 0 aromatic heterocycles. The first-order chi connectivity index (χ1) is 9.73. The number of likely N-dealkylation sites (N-methyl/N-ethyl adjacent to an activating group) is 1. The molecular weight excluding hydrogens is 339 g/mol. The first kappa shape index (κ1) is 18.2. The summed E-state index contributed by atoms with van der Waals surface area (Å²) >= 11 is 12.0. The molecule has 0 saturated carbocycles. The van der Waals surface area contributed by atoms with Crippen LogP contribution in [-0.2, 0) is 14.8 Å². The number of rotatable bonds is 6. The fourth-order valence-electron chi connectivity index (χ4n) is 1.71. The Balaban J connectivity index is 3.32. The number of ether oxygens (including phenoxy) is 1. The lowest BCUT2D eigenvalue weighted by Gasteiger charge is -2.22. The third-order valence-corrected chi connectivity index (χ3v) is 4.58. The number of halogens is 2. The lowest BCUT2D eigenvalue weighted by molar-refractivity contribution is 0.0706. The van der Waals surface area contributed by atoms with Gasteiger partial charge >= 0.3 is 0 Å². The van der Waals surface area contributed by atoms with Gasteiger partial charge in [0.1, 0.15) is 4.90 Å². The van der Waals surface area contributed by atoms with Gasteiger partial charge in [-0.2, -0.15) is 0 Å². The number of amides is 1. The summed E-state index contributed by atoms with van der Waals surface area (Å²) < 4.78 is 27.8. The zero-order valence-corrected chi connectivity index (χ0v) is 13.9. The minimum Gasteiger partial charge on any atom is -0.383 e. The Hall–Kier alpha value is -0.860. The molecule has 0 spiro atoms. The fraction of sp³-hybridized carbons (Fsp3) is 0.417. The Morgan fingerprint density at radius 1 is 1.38 bits per heavy atom. The molecule has 0 saturated heterocycles. The number of primary sulfonamides is 1. The van der Waals surface area contributed by atoms with E-state index < -0.39 is 15.9 Å². The van der Waals surface area contributed by atoms with Crippen LogP contribution in [0.5, 0.6) is 0 Å². The standard InChI is InChI=1S/C12H16Cl2N2O4S/c1-3-16(6-7-20-2)12(17)10-8(13)4-5-9(11(10)14)21(15,18)19/h4-5H,3,6-7H2,1-2H3,(H2,15,18,19). The van der Waals surface area contributed by atoms with E-state index in [-0.39, 0.29) is 20.5 Å². The maximum Gasteiger partial charge on any atom is 0.257 e. The molecule has 0 heterocycles. The van der Waals surface area contributed by atoms with Crippen molar-refractivity contribution >= 4 is 39.1 Å². The van der Waals surface area contributed by atoms with E-state index in [1.54, 1.807) is 6.92 Å². The second-order valence-electron chi connectivity index (χ2n) is 4.16. The van der Waals surface area contributed by atoms with Crippen molar-refractivity contribution in [3.05, 3.63) is 27.7 Å². The van der Waals surface area contributed by atoms with Gasteiger partial charge in [0.15, 0.2) is 0 Å². The normalized spacial score (nSPS) is 11.5. The molecule has 1 aromatic carbocycles. The van der Waals surface area contributed by atoms with E-state index in [4.69, 9.17) is 33.1 Å². The topological polar surface area (TPSA) is 89.7 Å². The molecule has 0 aliphatic carbocycles. The smallest absolute Gasteiger partial charge is 0.257 e. The molecule has 1 aromatic rings. The Morgan fingerprint density at radius 2 is 2.00 bits per heavy atom. The van der Waals surface area contributed by atoms with Crippen molar-refractivity contribution in [2.75, 3.05) is 26.8 Å². The lowest BCUT2D eigenvalue weighted by atomic mass is 10.2. The second-order valence-corrected chi connectivity index (χ2v) is 6.47. The monoisotopic (exact) mass is 354 g/mol. The summed E-state index contributed by atoms with van der Waals surface area (Å²) in [6.45, 7) is 2.84. The molecule has 0 aliphatic rings. The van der Waals surface area contributed by atoms with Crippen molar-refractivity contribution < 1.29 is 17.9 Å². The molecular formula is C12H16Cl2N2O4S. The van der Waals surface area contributed by atoms with Crippen molar-refractivity contribution in [3.63, 3.8) is 0 Å². The van der Waals surface area contributed by atoms with Crippen LogP contribution in [0.2, 0.25) is 10.0 Å². The van der Waals surface area contributed by atoms with E-state index >= 15 is 0 Å². The van der Waals surface area contributed by atoms with Crippen LogP contribution in [0.3, 0.4) is 0 Å². The van der Waals surface area contributed by atoms with Gasteiger partial charge in [-0.05, 0) is 19.1 Å². The summed E-state index contributed by atoms with van der Waals surface area (Å²) in [5.41, 5.74) is -0.0807. The van der Waals surface area contributed by atoms with E-state index in [9.17, 15) is 13.2 Å². The van der Waals surface area contributed by atoms with Crippen molar-refractivity contribution in [3.8, 4) is 0 Å². The van der Waals surface area contributed by atoms with E-state index in [0.29, 0.717) is 19.7 Å². The molecule has 0 atom stereocenters. The Kier molecular flexibility index (Phi) is 6.42. The zero-order chi connectivity index (χ0) is 16.2. The van der Waals surface area contributed by atoms with Crippen LogP contribution in [0, 0.1) is 0 Å². The third kappa shape index (κ3) is 4.31. The minimum atomic E-state index is -4.04. The van der Waals surface area contributed by atoms with Gasteiger partial charge in [-0.15, -0.1) is 0 Å². The van der Waals surface area contributed by atoms with Gasteiger partial charge in [0.05, 0.1) is 22.2 Å². The number of methoxy groups -OCH3 is 1. The summed E-state index contributed by atoms with van der Waals surface area (Å²) in [7, 11) is -2.53. The van der Waals surface area contributed by atoms with Crippen LogP contribution in [0.1, 0.15) is 17.3 Å². The molecule has 0 bridgehead atoms. The highest BCUT2D eigenvalue weighted by atomic mass is 35.5. The fourth-order valence-corrected chi connectivity index (χ4v) is 3.18. The van der Waals surface area contributed by atoms with Gasteiger partial charge in [0.25, 0.3) is 5.91 Å². The van der Waals surface area contributed by atoms with Crippen molar-refractivity contribution in [2.24, 2.45) is 5.14 Å². The van der Waals surface area contributed by atoms with E-state index in [0.717, 1.165) is 0 Å². The SMILES string of the molecule is CCN(CCOC)C(=O)c1c(Cl)ccc(S(N)(=O)=O)c1Cl. The highest BCUT2D eigenvalue weighted by molar-refractivity contribution is 7.89. The number of carbonyl (C=O) groups excluding carboxylic acids is 1. The zero-order valence-electron chi connectivity index (χ0n) is 11.6. The molecule has 2 N–H and O–H groups in total. The predicted molar refractivity (Wildman–Crippen MR) is 81.3 cm³/mol. The van der Waals surface area contributed by atoms with E-state index in [1.165, 1.54) is 24.1 Å². The van der Waals surface area contributed by atoms with Gasteiger partial charge in [-0.3, -0.25) is 4.79 Å². The first-order valence-corrected chi connectivity index (χ1v) is 8.33. The summed E-state index contributed by atoms with van der Waals surface area (Å²) in [5.74, 6) is -0.477. The van der Waals surface area contributed by atoms with E-state index in [2.05, 4.69) is 0 Å². The lowest BCUT2D eigenvalue weighted by Crippen LogP contribution is -2.34. The molecule has 9 heteroatoms. The number of hydrogen-bond acceptors (Lipinski definition) is 4. The molecule has 0 radical (unpaired) electrons. The Labute approximate surface area is 133 Å². The molecule has 0 aliphatic heterocycles. The molecule has 1 amide bonds. The van der Waals surface area contributed by atoms with Crippen molar-refractivity contribution in [2.45, 2.75) is 11.8 Å². The molecule has 118 valence electrons. The van der Waals surface area contributed by atoms with Gasteiger partial charge in [-0.25, -0.2) is 13.6 Å². The summed E-state index contributed by atoms with van der Waals surface area (Å²) in [4.78, 5) is 13.6. The quantitative estimate of drug-likeness (QED) is 0.842. The minimum absolute atomic E-state index is 0.0632. The highest BCUT2D eigenvalue weighted by Gasteiger charge is 2.25. The molecule has 6 nitrogen and oxygen atoms in total. The van der Waals surface area contributed by atoms with E-state index in [1.807, 2.05) is 0 Å². The Morgan fingerprint density at radius 3 is 2.48 bits per heavy atom. The van der Waals surface area contributed by atoms with Crippen LogP contribution in [-0.4, -0.2) is 46.0 Å². The number of hydrogen-bond donors (Lipinski definition) is 1. The van der Waals surface area contributed by atoms with Gasteiger partial charge < -0.3 is 9.64 Å². The van der Waals surface area contributed by atoms with Crippen LogP contribution in [0.25, 0.3) is 0 Å². The van der Waals surface area contributed by atoms with Crippen LogP contribution in [0.4, 0.5) is 0 Å². The number of carbonyl (C=O) groups is 1. The maximum atomic E-state index is 12.5. The number of benzene rings is 1. The largest absolute Gasteiger partial charge is 0.383 e. The van der Waals surface area contributed by atoms with Crippen molar-refractivity contribution in [1.82, 2.24) is 4.90 Å². The molecule has 0 fully saturated rings. The number of nitrogens with two attached hydrogens (primary N) is 1. The predicted octanol–water partition coefficient (Wildman–Crippen LogP) is 1.75.